The van der Waals surface area contributed by atoms with E-state index in [-0.39, 0.29) is 5.56 Å². The van der Waals surface area contributed by atoms with Crippen molar-refractivity contribution in [2.75, 3.05) is 19.3 Å². The van der Waals surface area contributed by atoms with Gasteiger partial charge in [-0.1, -0.05) is 0 Å². The van der Waals surface area contributed by atoms with E-state index in [0.717, 1.165) is 25.1 Å². The van der Waals surface area contributed by atoms with Crippen LogP contribution in [0.2, 0.25) is 0 Å². The van der Waals surface area contributed by atoms with E-state index in [1.165, 1.54) is 6.07 Å². The van der Waals surface area contributed by atoms with Gasteiger partial charge in [-0.25, -0.2) is 0 Å². The van der Waals surface area contributed by atoms with Crippen LogP contribution in [0, 0.1) is 0 Å². The normalized spacial score (nSPS) is 11.1. The maximum atomic E-state index is 11.6. The summed E-state index contributed by atoms with van der Waals surface area (Å²) in [6, 6.07) is 5.09. The number of furan rings is 1. The van der Waals surface area contributed by atoms with E-state index in [0.29, 0.717) is 12.2 Å². The zero-order chi connectivity index (χ0) is 13.7. The summed E-state index contributed by atoms with van der Waals surface area (Å²) in [5, 5.41) is 0. The van der Waals surface area contributed by atoms with Gasteiger partial charge < -0.3 is 19.6 Å². The fraction of sp³-hybridized carbons (Fsp3) is 0.357. The third kappa shape index (κ3) is 3.99. The highest BCUT2D eigenvalue weighted by atomic mass is 16.3. The molecule has 0 saturated carbocycles. The predicted molar refractivity (Wildman–Crippen MR) is 74.8 cm³/mol. The number of pyridine rings is 1. The Labute approximate surface area is 112 Å². The molecule has 0 aliphatic rings. The van der Waals surface area contributed by atoms with E-state index in [9.17, 15) is 4.79 Å². The Bertz CT molecular complexity index is 560. The molecule has 5 nitrogen and oxygen atoms in total. The topological polar surface area (TPSA) is 64.4 Å². The van der Waals surface area contributed by atoms with Crippen molar-refractivity contribution in [3.05, 3.63) is 52.8 Å². The van der Waals surface area contributed by atoms with Gasteiger partial charge in [-0.3, -0.25) is 4.79 Å². The number of aryl methyl sites for hydroxylation is 1. The Morgan fingerprint density at radius 3 is 2.95 bits per heavy atom. The lowest BCUT2D eigenvalue weighted by Gasteiger charge is -2.15. The highest BCUT2D eigenvalue weighted by molar-refractivity contribution is 5.33. The fourth-order valence-electron chi connectivity index (χ4n) is 2.01. The Morgan fingerprint density at radius 2 is 2.21 bits per heavy atom. The number of rotatable bonds is 6. The number of nitrogens with two attached hydrogens (primary N) is 1. The van der Waals surface area contributed by atoms with Gasteiger partial charge in [-0.05, 0) is 32.1 Å². The first-order valence-electron chi connectivity index (χ1n) is 6.31. The van der Waals surface area contributed by atoms with Crippen molar-refractivity contribution in [1.82, 2.24) is 9.47 Å². The maximum Gasteiger partial charge on any atom is 0.250 e. The third-order valence-electron chi connectivity index (χ3n) is 2.98. The van der Waals surface area contributed by atoms with Crippen LogP contribution in [0.3, 0.4) is 0 Å². The number of nitrogens with zero attached hydrogens (tertiary/aromatic N) is 2. The molecular formula is C14H19N3O2. The van der Waals surface area contributed by atoms with Crippen molar-refractivity contribution in [1.29, 1.82) is 0 Å². The van der Waals surface area contributed by atoms with Crippen molar-refractivity contribution in [2.24, 2.45) is 0 Å². The van der Waals surface area contributed by atoms with Crippen LogP contribution in [-0.2, 0) is 13.1 Å². The number of anilines is 1. The van der Waals surface area contributed by atoms with Gasteiger partial charge in [0.05, 0.1) is 12.5 Å². The molecule has 0 atom stereocenters. The lowest BCUT2D eigenvalue weighted by molar-refractivity contribution is 0.312. The van der Waals surface area contributed by atoms with Gasteiger partial charge in [-0.2, -0.15) is 0 Å². The molecule has 102 valence electrons. The van der Waals surface area contributed by atoms with Crippen LogP contribution >= 0.6 is 0 Å². The van der Waals surface area contributed by atoms with Crippen LogP contribution in [0.5, 0.6) is 0 Å². The largest absolute Gasteiger partial charge is 0.472 e. The Hall–Kier alpha value is -2.01. The van der Waals surface area contributed by atoms with E-state index in [4.69, 9.17) is 10.2 Å². The molecule has 0 fully saturated rings. The molecule has 0 aliphatic carbocycles. The first-order valence-corrected chi connectivity index (χ1v) is 6.31. The van der Waals surface area contributed by atoms with E-state index in [1.807, 2.05) is 6.07 Å². The van der Waals surface area contributed by atoms with Gasteiger partial charge in [0.25, 0.3) is 5.56 Å². The molecule has 0 unspecified atom stereocenters. The van der Waals surface area contributed by atoms with Gasteiger partial charge in [0.2, 0.25) is 0 Å². The first-order chi connectivity index (χ1) is 9.15. The number of hydrogen-bond donors (Lipinski definition) is 1. The van der Waals surface area contributed by atoms with E-state index >= 15 is 0 Å². The van der Waals surface area contributed by atoms with Crippen LogP contribution in [0.4, 0.5) is 5.69 Å². The quantitative estimate of drug-likeness (QED) is 0.856. The monoisotopic (exact) mass is 261 g/mol. The van der Waals surface area contributed by atoms with Crippen molar-refractivity contribution in [3.63, 3.8) is 0 Å². The number of aromatic nitrogens is 1. The third-order valence-corrected chi connectivity index (χ3v) is 2.98. The van der Waals surface area contributed by atoms with Crippen molar-refractivity contribution in [3.8, 4) is 0 Å². The minimum Gasteiger partial charge on any atom is -0.472 e. The van der Waals surface area contributed by atoms with Crippen LogP contribution in [0.1, 0.15) is 12.0 Å². The Kier molecular flexibility index (Phi) is 4.41. The summed E-state index contributed by atoms with van der Waals surface area (Å²) < 4.78 is 6.69. The molecule has 0 aliphatic heterocycles. The molecule has 0 bridgehead atoms. The van der Waals surface area contributed by atoms with Gasteiger partial charge in [0.15, 0.2) is 0 Å². The second kappa shape index (κ2) is 6.24. The summed E-state index contributed by atoms with van der Waals surface area (Å²) in [6.07, 6.45) is 6.02. The molecule has 2 heterocycles. The average molecular weight is 261 g/mol. The summed E-state index contributed by atoms with van der Waals surface area (Å²) in [5.41, 5.74) is 7.43. The molecule has 0 amide bonds. The molecule has 2 rings (SSSR count). The fourth-order valence-corrected chi connectivity index (χ4v) is 2.01. The highest BCUT2D eigenvalue weighted by Gasteiger charge is 2.02. The Balaban J connectivity index is 1.80. The van der Waals surface area contributed by atoms with Crippen molar-refractivity contribution < 1.29 is 4.42 Å². The van der Waals surface area contributed by atoms with Gasteiger partial charge >= 0.3 is 0 Å². The molecule has 0 saturated heterocycles. The summed E-state index contributed by atoms with van der Waals surface area (Å²) in [4.78, 5) is 13.8. The zero-order valence-corrected chi connectivity index (χ0v) is 11.1. The number of hydrogen-bond acceptors (Lipinski definition) is 4. The molecule has 2 aromatic rings. The van der Waals surface area contributed by atoms with E-state index in [1.54, 1.807) is 29.4 Å². The molecule has 2 N–H and O–H groups in total. The highest BCUT2D eigenvalue weighted by Crippen LogP contribution is 2.04. The lowest BCUT2D eigenvalue weighted by atomic mass is 10.3. The summed E-state index contributed by atoms with van der Waals surface area (Å²) in [7, 11) is 2.05. The van der Waals surface area contributed by atoms with Gasteiger partial charge in [0.1, 0.15) is 0 Å². The van der Waals surface area contributed by atoms with Crippen LogP contribution < -0.4 is 11.3 Å². The molecule has 2 aromatic heterocycles. The summed E-state index contributed by atoms with van der Waals surface area (Å²) in [5.74, 6) is 0. The molecule has 5 heteroatoms. The van der Waals surface area contributed by atoms with Crippen molar-refractivity contribution in [2.45, 2.75) is 19.5 Å². The van der Waals surface area contributed by atoms with E-state index in [2.05, 4.69) is 11.9 Å². The smallest absolute Gasteiger partial charge is 0.250 e. The van der Waals surface area contributed by atoms with Crippen molar-refractivity contribution >= 4 is 5.69 Å². The minimum absolute atomic E-state index is 0.00770. The lowest BCUT2D eigenvalue weighted by Crippen LogP contribution is -2.23. The van der Waals surface area contributed by atoms with Crippen LogP contribution in [-0.4, -0.2) is 23.1 Å². The standard InChI is InChI=1S/C14H19N3O2/c1-16(9-12-5-8-19-11-12)6-2-7-17-10-13(15)3-4-14(17)18/h3-5,8,10-11H,2,6-7,9,15H2,1H3. The van der Waals surface area contributed by atoms with E-state index < -0.39 is 0 Å². The predicted octanol–water partition coefficient (Wildman–Crippen LogP) is 1.55. The molecule has 0 spiro atoms. The summed E-state index contributed by atoms with van der Waals surface area (Å²) in [6.45, 7) is 2.44. The number of nitrogen functional groups attached to an aromatic ring is 1. The molecule has 0 radical (unpaired) electrons. The molecule has 19 heavy (non-hydrogen) atoms. The Morgan fingerprint density at radius 1 is 1.37 bits per heavy atom. The molecular weight excluding hydrogens is 242 g/mol. The van der Waals surface area contributed by atoms with Gasteiger partial charge in [-0.15, -0.1) is 0 Å². The van der Waals surface area contributed by atoms with Gasteiger partial charge in [0, 0.05) is 36.6 Å². The minimum atomic E-state index is -0.00770. The summed E-state index contributed by atoms with van der Waals surface area (Å²) >= 11 is 0. The molecule has 0 aromatic carbocycles. The van der Waals surface area contributed by atoms with Crippen LogP contribution in [0.25, 0.3) is 0 Å². The first kappa shape index (κ1) is 13.4. The second-order valence-electron chi connectivity index (χ2n) is 4.72. The second-order valence-corrected chi connectivity index (χ2v) is 4.72. The maximum absolute atomic E-state index is 11.6. The SMILES string of the molecule is CN(CCCn1cc(N)ccc1=O)Cc1ccoc1. The average Bonchev–Trinajstić information content (AvgIpc) is 2.86. The van der Waals surface area contributed by atoms with Crippen LogP contribution in [0.15, 0.2) is 46.1 Å². The zero-order valence-electron chi connectivity index (χ0n) is 11.1.